The third-order valence-corrected chi connectivity index (χ3v) is 5.01. The van der Waals surface area contributed by atoms with Gasteiger partial charge in [0.1, 0.15) is 29.0 Å². The van der Waals surface area contributed by atoms with Crippen molar-refractivity contribution < 1.29 is 8.81 Å². The topological polar surface area (TPSA) is 96.3 Å². The molecule has 0 bridgehead atoms. The van der Waals surface area contributed by atoms with E-state index in [9.17, 15) is 14.0 Å². The number of rotatable bonds is 6. The number of halogens is 1. The van der Waals surface area contributed by atoms with E-state index in [2.05, 4.69) is 20.9 Å². The van der Waals surface area contributed by atoms with Gasteiger partial charge in [-0.1, -0.05) is 19.9 Å². The lowest BCUT2D eigenvalue weighted by molar-refractivity contribution is 0.395. The van der Waals surface area contributed by atoms with Gasteiger partial charge >= 0.3 is 0 Å². The molecule has 0 saturated carbocycles. The maximum atomic E-state index is 14.4. The minimum atomic E-state index is -0.670. The highest BCUT2D eigenvalue weighted by Gasteiger charge is 2.29. The van der Waals surface area contributed by atoms with E-state index in [0.29, 0.717) is 24.7 Å². The third kappa shape index (κ3) is 2.99. The van der Waals surface area contributed by atoms with Crippen LogP contribution in [0.15, 0.2) is 32.3 Å². The van der Waals surface area contributed by atoms with Gasteiger partial charge in [0, 0.05) is 13.1 Å². The Balaban J connectivity index is 1.67. The molecule has 0 radical (unpaired) electrons. The van der Waals surface area contributed by atoms with Gasteiger partial charge in [-0.15, -0.1) is 0 Å². The molecule has 2 aromatic carbocycles. The van der Waals surface area contributed by atoms with E-state index < -0.39 is 22.7 Å². The van der Waals surface area contributed by atoms with E-state index in [1.54, 1.807) is 19.2 Å². The molecule has 4 rings (SSSR count). The van der Waals surface area contributed by atoms with Gasteiger partial charge in [-0.05, 0) is 30.0 Å². The highest BCUT2D eigenvalue weighted by Crippen LogP contribution is 2.33. The smallest absolute Gasteiger partial charge is 0.253 e. The quantitative estimate of drug-likeness (QED) is 0.562. The number of aryl methyl sites for hydroxylation is 1. The Morgan fingerprint density at radius 3 is 2.57 bits per heavy atom. The fourth-order valence-electron chi connectivity index (χ4n) is 3.45. The van der Waals surface area contributed by atoms with E-state index in [-0.39, 0.29) is 23.0 Å². The summed E-state index contributed by atoms with van der Waals surface area (Å²) in [4.78, 5) is 28.6. The number of benzene rings is 1. The van der Waals surface area contributed by atoms with E-state index >= 15 is 0 Å². The van der Waals surface area contributed by atoms with Crippen molar-refractivity contribution in [1.29, 1.82) is 0 Å². The number of nitrogens with one attached hydrogen (secondary N) is 3. The van der Waals surface area contributed by atoms with Crippen LogP contribution in [0.1, 0.15) is 42.7 Å². The summed E-state index contributed by atoms with van der Waals surface area (Å²) >= 11 is 0. The Morgan fingerprint density at radius 2 is 1.89 bits per heavy atom. The molecule has 0 amide bonds. The van der Waals surface area contributed by atoms with Crippen LogP contribution >= 0.6 is 0 Å². The number of nitrogens with zero attached hydrogens (tertiary/aromatic N) is 1. The van der Waals surface area contributed by atoms with Gasteiger partial charge in [-0.25, -0.2) is 9.37 Å². The van der Waals surface area contributed by atoms with Crippen LogP contribution in [0.2, 0.25) is 0 Å². The van der Waals surface area contributed by atoms with E-state index in [0.717, 1.165) is 11.1 Å². The molecular formula is C20H21FN4O3. The molecule has 1 atom stereocenters. The normalized spacial score (nSPS) is 14.5. The number of anilines is 3. The number of fused-ring (bicyclic) bond motifs is 1. The van der Waals surface area contributed by atoms with Crippen molar-refractivity contribution in [1.82, 2.24) is 10.3 Å². The average molecular weight is 384 g/mol. The maximum absolute atomic E-state index is 14.4. The minimum Gasteiger partial charge on any atom is -0.444 e. The van der Waals surface area contributed by atoms with Crippen LogP contribution in [0.4, 0.5) is 21.5 Å². The first-order chi connectivity index (χ1) is 13.4. The Labute approximate surface area is 160 Å². The zero-order chi connectivity index (χ0) is 20.0. The molecule has 0 spiro atoms. The Kier molecular flexibility index (Phi) is 4.50. The van der Waals surface area contributed by atoms with Crippen LogP contribution in [0.3, 0.4) is 0 Å². The predicted octanol–water partition coefficient (Wildman–Crippen LogP) is 2.87. The number of aromatic nitrogens is 1. The van der Waals surface area contributed by atoms with E-state index in [1.807, 2.05) is 13.8 Å². The largest absolute Gasteiger partial charge is 0.444 e. The molecule has 1 aliphatic rings. The molecule has 8 heteroatoms. The first kappa shape index (κ1) is 18.4. The lowest BCUT2D eigenvalue weighted by Crippen LogP contribution is -2.38. The molecular weight excluding hydrogens is 363 g/mol. The second-order valence-electron chi connectivity index (χ2n) is 7.37. The molecule has 3 aromatic rings. The van der Waals surface area contributed by atoms with Crippen LogP contribution in [-0.2, 0) is 13.1 Å². The number of oxazole rings is 1. The zero-order valence-electron chi connectivity index (χ0n) is 15.9. The minimum absolute atomic E-state index is 0.0391. The molecule has 28 heavy (non-hydrogen) atoms. The summed E-state index contributed by atoms with van der Waals surface area (Å²) in [6.07, 6.45) is 1.60. The van der Waals surface area contributed by atoms with Gasteiger partial charge in [0.05, 0.1) is 11.9 Å². The molecule has 3 N–H and O–H groups in total. The fourth-order valence-corrected chi connectivity index (χ4v) is 3.45. The van der Waals surface area contributed by atoms with Crippen molar-refractivity contribution in [2.45, 2.75) is 39.9 Å². The SMILES string of the molecule is Cc1cnc([C@H](Nc2c(Nc3c(F)ccc4c3CNC4)c(=O)c2=O)C(C)C)o1. The molecule has 0 saturated heterocycles. The first-order valence-electron chi connectivity index (χ1n) is 9.17. The molecule has 0 aliphatic carbocycles. The van der Waals surface area contributed by atoms with Gasteiger partial charge in [0.25, 0.3) is 10.9 Å². The highest BCUT2D eigenvalue weighted by molar-refractivity contribution is 5.80. The summed E-state index contributed by atoms with van der Waals surface area (Å²) < 4.78 is 20.0. The summed E-state index contributed by atoms with van der Waals surface area (Å²) in [7, 11) is 0. The molecule has 0 fully saturated rings. The Bertz CT molecular complexity index is 1110. The van der Waals surface area contributed by atoms with Gasteiger partial charge < -0.3 is 20.4 Å². The summed E-state index contributed by atoms with van der Waals surface area (Å²) in [5.74, 6) is 0.657. The predicted molar refractivity (Wildman–Crippen MR) is 104 cm³/mol. The van der Waals surface area contributed by atoms with E-state index in [1.165, 1.54) is 6.07 Å². The Hall–Kier alpha value is -3.00. The second-order valence-corrected chi connectivity index (χ2v) is 7.37. The van der Waals surface area contributed by atoms with Crippen molar-refractivity contribution in [3.63, 3.8) is 0 Å². The van der Waals surface area contributed by atoms with Gasteiger partial charge in [0.15, 0.2) is 0 Å². The average Bonchev–Trinajstić information content (AvgIpc) is 3.30. The standard InChI is InChI=1S/C20H21FN4O3/c1-9(2)14(20-23-6-10(3)28-20)24-16-17(19(27)18(16)26)25-15-12-8-22-7-11(12)4-5-13(15)21/h4-6,9,14,22,24-25H,7-8H2,1-3H3/t14-/m1/s1. The molecule has 2 heterocycles. The van der Waals surface area contributed by atoms with Crippen LogP contribution < -0.4 is 26.8 Å². The Morgan fingerprint density at radius 1 is 1.14 bits per heavy atom. The number of hydrogen-bond donors (Lipinski definition) is 3. The second kappa shape index (κ2) is 6.87. The molecule has 146 valence electrons. The molecule has 0 unspecified atom stereocenters. The fraction of sp³-hybridized carbons (Fsp3) is 0.350. The van der Waals surface area contributed by atoms with Crippen molar-refractivity contribution in [2.24, 2.45) is 5.92 Å². The van der Waals surface area contributed by atoms with Crippen molar-refractivity contribution >= 4 is 17.1 Å². The molecule has 1 aliphatic heterocycles. The zero-order valence-corrected chi connectivity index (χ0v) is 15.9. The van der Waals surface area contributed by atoms with Crippen molar-refractivity contribution in [2.75, 3.05) is 10.6 Å². The van der Waals surface area contributed by atoms with Crippen LogP contribution in [0.5, 0.6) is 0 Å². The summed E-state index contributed by atoms with van der Waals surface area (Å²) in [5.41, 5.74) is 0.848. The summed E-state index contributed by atoms with van der Waals surface area (Å²) in [6.45, 7) is 6.82. The molecule has 1 aromatic heterocycles. The van der Waals surface area contributed by atoms with Gasteiger partial charge in [-0.3, -0.25) is 9.59 Å². The van der Waals surface area contributed by atoms with Gasteiger partial charge in [0.2, 0.25) is 5.89 Å². The highest BCUT2D eigenvalue weighted by atomic mass is 19.1. The third-order valence-electron chi connectivity index (χ3n) is 5.01. The first-order valence-corrected chi connectivity index (χ1v) is 9.17. The summed E-state index contributed by atoms with van der Waals surface area (Å²) in [6, 6.07) is 2.68. The van der Waals surface area contributed by atoms with Crippen LogP contribution in [0, 0.1) is 18.7 Å². The van der Waals surface area contributed by atoms with Crippen LogP contribution in [0.25, 0.3) is 0 Å². The number of hydrogen-bond acceptors (Lipinski definition) is 7. The lowest BCUT2D eigenvalue weighted by Gasteiger charge is -2.23. The van der Waals surface area contributed by atoms with Crippen molar-refractivity contribution in [3.8, 4) is 0 Å². The summed E-state index contributed by atoms with van der Waals surface area (Å²) in [5, 5.41) is 9.09. The monoisotopic (exact) mass is 384 g/mol. The van der Waals surface area contributed by atoms with Gasteiger partial charge in [-0.2, -0.15) is 0 Å². The van der Waals surface area contributed by atoms with Crippen molar-refractivity contribution in [3.05, 3.63) is 67.4 Å². The molecule has 7 nitrogen and oxygen atoms in total. The van der Waals surface area contributed by atoms with Crippen LogP contribution in [-0.4, -0.2) is 4.98 Å². The van der Waals surface area contributed by atoms with E-state index in [4.69, 9.17) is 4.42 Å². The maximum Gasteiger partial charge on any atom is 0.253 e. The lowest BCUT2D eigenvalue weighted by atomic mass is 10.0.